The highest BCUT2D eigenvalue weighted by atomic mass is 16.5. The number of carbonyl (C=O) groups is 1. The predicted molar refractivity (Wildman–Crippen MR) is 56.0 cm³/mol. The summed E-state index contributed by atoms with van der Waals surface area (Å²) in [5.74, 6) is -0.206. The zero-order chi connectivity index (χ0) is 10.8. The molecule has 0 spiro atoms. The summed E-state index contributed by atoms with van der Waals surface area (Å²) < 4.78 is 4.89. The Bertz CT molecular complexity index is 145. The predicted octanol–water partition coefficient (Wildman–Crippen LogP) is 2.27. The maximum Gasteiger partial charge on any atom is 0.305 e. The SMILES string of the molecule is CCCCCC(O)COC(=O)CCC. The Hall–Kier alpha value is -0.570. The van der Waals surface area contributed by atoms with Crippen molar-refractivity contribution in [1.29, 1.82) is 0 Å². The van der Waals surface area contributed by atoms with E-state index in [2.05, 4.69) is 6.92 Å². The van der Waals surface area contributed by atoms with Crippen molar-refractivity contribution in [2.45, 2.75) is 58.5 Å². The van der Waals surface area contributed by atoms with E-state index >= 15 is 0 Å². The summed E-state index contributed by atoms with van der Waals surface area (Å²) in [6.45, 7) is 4.20. The lowest BCUT2D eigenvalue weighted by atomic mass is 10.1. The number of esters is 1. The number of aliphatic hydroxyl groups excluding tert-OH is 1. The largest absolute Gasteiger partial charge is 0.463 e. The first kappa shape index (κ1) is 13.4. The highest BCUT2D eigenvalue weighted by Crippen LogP contribution is 2.04. The molecule has 1 unspecified atom stereocenters. The molecular weight excluding hydrogens is 180 g/mol. The van der Waals surface area contributed by atoms with Gasteiger partial charge in [0.05, 0.1) is 6.10 Å². The molecule has 0 saturated carbocycles. The molecule has 0 aliphatic heterocycles. The third kappa shape index (κ3) is 8.05. The van der Waals surface area contributed by atoms with Gasteiger partial charge in [0.1, 0.15) is 6.61 Å². The van der Waals surface area contributed by atoms with Gasteiger partial charge in [-0.2, -0.15) is 0 Å². The standard InChI is InChI=1S/C11H22O3/c1-3-5-6-8-10(12)9-14-11(13)7-4-2/h10,12H,3-9H2,1-2H3. The molecule has 0 aromatic carbocycles. The Balaban J connectivity index is 3.33. The van der Waals surface area contributed by atoms with Gasteiger partial charge in [0.25, 0.3) is 0 Å². The minimum atomic E-state index is -0.484. The average molecular weight is 202 g/mol. The maximum atomic E-state index is 10.9. The van der Waals surface area contributed by atoms with E-state index in [-0.39, 0.29) is 12.6 Å². The molecule has 0 aromatic rings. The molecular formula is C11H22O3. The van der Waals surface area contributed by atoms with Crippen molar-refractivity contribution in [2.75, 3.05) is 6.61 Å². The number of aliphatic hydroxyl groups is 1. The van der Waals surface area contributed by atoms with E-state index in [4.69, 9.17) is 4.74 Å². The summed E-state index contributed by atoms with van der Waals surface area (Å²) >= 11 is 0. The molecule has 0 bridgehead atoms. The van der Waals surface area contributed by atoms with E-state index in [9.17, 15) is 9.90 Å². The van der Waals surface area contributed by atoms with Gasteiger partial charge in [-0.15, -0.1) is 0 Å². The van der Waals surface area contributed by atoms with E-state index in [1.165, 1.54) is 0 Å². The van der Waals surface area contributed by atoms with Crippen molar-refractivity contribution in [3.05, 3.63) is 0 Å². The maximum absolute atomic E-state index is 10.9. The Morgan fingerprint density at radius 1 is 1.29 bits per heavy atom. The molecule has 0 heterocycles. The van der Waals surface area contributed by atoms with Gasteiger partial charge in [-0.05, 0) is 12.8 Å². The molecule has 0 aromatic heterocycles. The van der Waals surface area contributed by atoms with Gasteiger partial charge in [-0.1, -0.05) is 33.1 Å². The van der Waals surface area contributed by atoms with Gasteiger partial charge in [0, 0.05) is 6.42 Å². The fourth-order valence-electron chi connectivity index (χ4n) is 1.18. The lowest BCUT2D eigenvalue weighted by Crippen LogP contribution is -2.18. The highest BCUT2D eigenvalue weighted by molar-refractivity contribution is 5.69. The summed E-state index contributed by atoms with van der Waals surface area (Å²) in [4.78, 5) is 10.9. The van der Waals surface area contributed by atoms with Crippen LogP contribution in [0.4, 0.5) is 0 Å². The topological polar surface area (TPSA) is 46.5 Å². The van der Waals surface area contributed by atoms with Crippen LogP contribution in [-0.4, -0.2) is 23.8 Å². The molecule has 0 saturated heterocycles. The summed E-state index contributed by atoms with van der Waals surface area (Å²) in [5, 5.41) is 9.42. The molecule has 0 rings (SSSR count). The second kappa shape index (κ2) is 9.00. The van der Waals surface area contributed by atoms with Gasteiger partial charge in [-0.3, -0.25) is 4.79 Å². The van der Waals surface area contributed by atoms with Crippen LogP contribution in [0.5, 0.6) is 0 Å². The van der Waals surface area contributed by atoms with Crippen molar-refractivity contribution in [2.24, 2.45) is 0 Å². The minimum absolute atomic E-state index is 0.155. The molecule has 0 aliphatic carbocycles. The van der Waals surface area contributed by atoms with E-state index in [0.717, 1.165) is 32.1 Å². The van der Waals surface area contributed by atoms with Crippen LogP contribution in [0.25, 0.3) is 0 Å². The lowest BCUT2D eigenvalue weighted by Gasteiger charge is -2.10. The summed E-state index contributed by atoms with van der Waals surface area (Å²) in [6, 6.07) is 0. The van der Waals surface area contributed by atoms with Crippen LogP contribution in [-0.2, 0) is 9.53 Å². The number of hydrogen-bond acceptors (Lipinski definition) is 3. The van der Waals surface area contributed by atoms with Crippen molar-refractivity contribution in [3.8, 4) is 0 Å². The number of carbonyl (C=O) groups excluding carboxylic acids is 1. The minimum Gasteiger partial charge on any atom is -0.463 e. The zero-order valence-electron chi connectivity index (χ0n) is 9.29. The van der Waals surface area contributed by atoms with E-state index < -0.39 is 6.10 Å². The number of unbranched alkanes of at least 4 members (excludes halogenated alkanes) is 2. The molecule has 1 atom stereocenters. The molecule has 3 heteroatoms. The van der Waals surface area contributed by atoms with Crippen LogP contribution < -0.4 is 0 Å². The van der Waals surface area contributed by atoms with E-state index in [0.29, 0.717) is 6.42 Å². The molecule has 14 heavy (non-hydrogen) atoms. The first-order valence-electron chi connectivity index (χ1n) is 5.54. The van der Waals surface area contributed by atoms with Crippen LogP contribution >= 0.6 is 0 Å². The zero-order valence-corrected chi connectivity index (χ0v) is 9.29. The van der Waals surface area contributed by atoms with Crippen molar-refractivity contribution < 1.29 is 14.6 Å². The Morgan fingerprint density at radius 2 is 2.00 bits per heavy atom. The molecule has 0 radical (unpaired) electrons. The third-order valence-electron chi connectivity index (χ3n) is 2.03. The van der Waals surface area contributed by atoms with Crippen molar-refractivity contribution >= 4 is 5.97 Å². The summed E-state index contributed by atoms with van der Waals surface area (Å²) in [6.07, 6.45) is 4.76. The number of hydrogen-bond donors (Lipinski definition) is 1. The Labute approximate surface area is 86.5 Å². The van der Waals surface area contributed by atoms with Crippen LogP contribution in [0.1, 0.15) is 52.4 Å². The monoisotopic (exact) mass is 202 g/mol. The number of ether oxygens (including phenoxy) is 1. The highest BCUT2D eigenvalue weighted by Gasteiger charge is 2.07. The van der Waals surface area contributed by atoms with Crippen LogP contribution in [0.2, 0.25) is 0 Å². The third-order valence-corrected chi connectivity index (χ3v) is 2.03. The van der Waals surface area contributed by atoms with Crippen molar-refractivity contribution in [3.63, 3.8) is 0 Å². The molecule has 1 N–H and O–H groups in total. The van der Waals surface area contributed by atoms with Gasteiger partial charge in [-0.25, -0.2) is 0 Å². The van der Waals surface area contributed by atoms with Gasteiger partial charge in [0.2, 0.25) is 0 Å². The molecule has 0 aliphatic rings. The summed E-state index contributed by atoms with van der Waals surface area (Å²) in [5.41, 5.74) is 0. The first-order valence-corrected chi connectivity index (χ1v) is 5.54. The molecule has 3 nitrogen and oxygen atoms in total. The first-order chi connectivity index (χ1) is 6.70. The van der Waals surface area contributed by atoms with E-state index in [1.54, 1.807) is 0 Å². The van der Waals surface area contributed by atoms with E-state index in [1.807, 2.05) is 6.92 Å². The Kier molecular flexibility index (Phi) is 8.64. The average Bonchev–Trinajstić information content (AvgIpc) is 2.16. The lowest BCUT2D eigenvalue weighted by molar-refractivity contribution is -0.146. The Morgan fingerprint density at radius 3 is 2.57 bits per heavy atom. The second-order valence-corrected chi connectivity index (χ2v) is 3.58. The van der Waals surface area contributed by atoms with Gasteiger partial charge in [0.15, 0.2) is 0 Å². The molecule has 0 amide bonds. The van der Waals surface area contributed by atoms with Crippen LogP contribution in [0, 0.1) is 0 Å². The van der Waals surface area contributed by atoms with Crippen LogP contribution in [0.15, 0.2) is 0 Å². The van der Waals surface area contributed by atoms with Crippen LogP contribution in [0.3, 0.4) is 0 Å². The smallest absolute Gasteiger partial charge is 0.305 e. The molecule has 84 valence electrons. The van der Waals surface area contributed by atoms with Gasteiger partial charge >= 0.3 is 5.97 Å². The fourth-order valence-corrected chi connectivity index (χ4v) is 1.18. The summed E-state index contributed by atoms with van der Waals surface area (Å²) in [7, 11) is 0. The van der Waals surface area contributed by atoms with Crippen molar-refractivity contribution in [1.82, 2.24) is 0 Å². The fraction of sp³-hybridized carbons (Fsp3) is 0.909. The van der Waals surface area contributed by atoms with Gasteiger partial charge < -0.3 is 9.84 Å². The number of rotatable bonds is 8. The normalized spacial score (nSPS) is 12.5. The molecule has 0 fully saturated rings. The quantitative estimate of drug-likeness (QED) is 0.485. The second-order valence-electron chi connectivity index (χ2n) is 3.58.